The highest BCUT2D eigenvalue weighted by Crippen LogP contribution is 2.38. The van der Waals surface area contributed by atoms with E-state index in [2.05, 4.69) is 0 Å². The monoisotopic (exact) mass is 492 g/mol. The summed E-state index contributed by atoms with van der Waals surface area (Å²) in [7, 11) is 0. The molecule has 0 bridgehead atoms. The summed E-state index contributed by atoms with van der Waals surface area (Å²) in [5, 5.41) is 0. The van der Waals surface area contributed by atoms with E-state index < -0.39 is 23.1 Å². The van der Waals surface area contributed by atoms with Gasteiger partial charge >= 0.3 is 0 Å². The summed E-state index contributed by atoms with van der Waals surface area (Å²) >= 11 is 0. The van der Waals surface area contributed by atoms with Gasteiger partial charge < -0.3 is 9.13 Å². The van der Waals surface area contributed by atoms with E-state index in [4.69, 9.17) is 9.97 Å². The van der Waals surface area contributed by atoms with E-state index in [9.17, 15) is 19.2 Å². The Kier molecular flexibility index (Phi) is 4.98. The first-order chi connectivity index (χ1) is 17.7. The molecule has 0 N–H and O–H groups in total. The van der Waals surface area contributed by atoms with E-state index in [0.29, 0.717) is 45.3 Å². The van der Waals surface area contributed by atoms with Crippen LogP contribution in [0.2, 0.25) is 0 Å². The Balaban J connectivity index is 1.62. The molecule has 2 heterocycles. The molecule has 2 aromatic carbocycles. The number of rotatable bonds is 4. The van der Waals surface area contributed by atoms with Crippen molar-refractivity contribution in [3.63, 3.8) is 0 Å². The topological polar surface area (TPSA) is 104 Å². The summed E-state index contributed by atoms with van der Waals surface area (Å²) in [6.45, 7) is 7.86. The molecule has 0 radical (unpaired) electrons. The lowest BCUT2D eigenvalue weighted by atomic mass is 9.90. The molecule has 184 valence electrons. The molecule has 0 amide bonds. The molecule has 0 saturated carbocycles. The van der Waals surface area contributed by atoms with Gasteiger partial charge in [0.25, 0.3) is 11.6 Å². The van der Waals surface area contributed by atoms with Crippen molar-refractivity contribution < 1.29 is 19.2 Å². The van der Waals surface area contributed by atoms with Crippen molar-refractivity contribution in [2.24, 2.45) is 0 Å². The Hall–Kier alpha value is -4.46. The van der Waals surface area contributed by atoms with Gasteiger partial charge in [0.1, 0.15) is 41.1 Å². The summed E-state index contributed by atoms with van der Waals surface area (Å²) < 4.78 is 3.42. The average Bonchev–Trinajstić information content (AvgIpc) is 3.46. The maximum Gasteiger partial charge on any atom is 0.252 e. The second-order valence-electron chi connectivity index (χ2n) is 10.0. The Bertz CT molecular complexity index is 1560. The van der Waals surface area contributed by atoms with Gasteiger partial charge in [-0.15, -0.1) is 0 Å². The number of Topliss-reactive ketones (excluding diaryl/α,β-unsaturated/α-hetero) is 4. The lowest BCUT2D eigenvalue weighted by Crippen LogP contribution is -2.29. The predicted molar refractivity (Wildman–Crippen MR) is 136 cm³/mol. The van der Waals surface area contributed by atoms with Gasteiger partial charge in [0.2, 0.25) is 11.6 Å². The Morgan fingerprint density at radius 3 is 1.27 bits per heavy atom. The quantitative estimate of drug-likeness (QED) is 0.375. The molecule has 2 aromatic heterocycles. The lowest BCUT2D eigenvalue weighted by molar-refractivity contribution is 0.0805. The van der Waals surface area contributed by atoms with E-state index in [1.54, 1.807) is 45.5 Å². The minimum atomic E-state index is -0.638. The number of imidazole rings is 2. The molecule has 8 heteroatoms. The van der Waals surface area contributed by atoms with Crippen LogP contribution in [-0.2, 0) is 6.67 Å². The summed E-state index contributed by atoms with van der Waals surface area (Å²) in [5.74, 6) is -1.40. The van der Waals surface area contributed by atoms with Gasteiger partial charge in [0, 0.05) is 34.1 Å². The molecule has 0 aliphatic heterocycles. The van der Waals surface area contributed by atoms with Crippen LogP contribution < -0.4 is 0 Å². The van der Waals surface area contributed by atoms with Crippen molar-refractivity contribution in [2.45, 2.75) is 46.2 Å². The standard InChI is InChI=1S/C29H24N4O4/c1-14(2)28-30-20-16-9-5-7-11-18(16)24(34)26(36)22(20)32(28)13-33-23-21(31-29(33)15(3)4)17-10-6-8-12-19(17)25(35)27(23)37/h5-12,14-15H,13H2,1-4H3. The van der Waals surface area contributed by atoms with Crippen molar-refractivity contribution in [1.29, 1.82) is 0 Å². The van der Waals surface area contributed by atoms with E-state index in [1.165, 1.54) is 0 Å². The molecule has 0 saturated heterocycles. The van der Waals surface area contributed by atoms with Gasteiger partial charge in [0.05, 0.1) is 0 Å². The van der Waals surface area contributed by atoms with Crippen LogP contribution >= 0.6 is 0 Å². The van der Waals surface area contributed by atoms with E-state index >= 15 is 0 Å². The molecule has 0 atom stereocenters. The number of ketones is 4. The molecule has 2 aliphatic rings. The van der Waals surface area contributed by atoms with Gasteiger partial charge in [-0.05, 0) is 0 Å². The fraction of sp³-hybridized carbons (Fsp3) is 0.241. The van der Waals surface area contributed by atoms with E-state index in [0.717, 1.165) is 0 Å². The minimum Gasteiger partial charge on any atom is -0.305 e. The summed E-state index contributed by atoms with van der Waals surface area (Å²) in [4.78, 5) is 62.5. The molecular formula is C29H24N4O4. The zero-order valence-electron chi connectivity index (χ0n) is 20.9. The van der Waals surface area contributed by atoms with Gasteiger partial charge in [-0.25, -0.2) is 9.97 Å². The fourth-order valence-corrected chi connectivity index (χ4v) is 5.32. The van der Waals surface area contributed by atoms with Crippen LogP contribution in [-0.4, -0.2) is 42.2 Å². The summed E-state index contributed by atoms with van der Waals surface area (Å²) in [5.41, 5.74) is 3.19. The van der Waals surface area contributed by atoms with Crippen LogP contribution in [0.3, 0.4) is 0 Å². The van der Waals surface area contributed by atoms with Crippen LogP contribution in [0.5, 0.6) is 0 Å². The zero-order chi connectivity index (χ0) is 26.2. The van der Waals surface area contributed by atoms with Crippen LogP contribution in [0, 0.1) is 0 Å². The Morgan fingerprint density at radius 2 is 0.919 bits per heavy atom. The highest BCUT2D eigenvalue weighted by atomic mass is 16.2. The fourth-order valence-electron chi connectivity index (χ4n) is 5.32. The summed E-state index contributed by atoms with van der Waals surface area (Å²) in [6.07, 6.45) is 0. The summed E-state index contributed by atoms with van der Waals surface area (Å²) in [6, 6.07) is 13.9. The second kappa shape index (κ2) is 8.03. The number of nitrogens with zero attached hydrogens (tertiary/aromatic N) is 4. The van der Waals surface area contributed by atoms with Crippen molar-refractivity contribution in [3.8, 4) is 22.5 Å². The molecule has 8 nitrogen and oxygen atoms in total. The first kappa shape index (κ1) is 23.0. The number of carbonyl (C=O) groups excluding carboxylic acids is 4. The van der Waals surface area contributed by atoms with Gasteiger partial charge in [-0.1, -0.05) is 76.2 Å². The molecule has 37 heavy (non-hydrogen) atoms. The SMILES string of the molecule is CC(C)c1nc2c(n1Cn1c(C(C)C)nc3c1C(=O)C(=O)c1ccccc1-3)C(=O)C(=O)c1ccccc1-2. The lowest BCUT2D eigenvalue weighted by Gasteiger charge is -2.21. The first-order valence-electron chi connectivity index (χ1n) is 12.3. The molecule has 4 aromatic rings. The largest absolute Gasteiger partial charge is 0.305 e. The van der Waals surface area contributed by atoms with Crippen molar-refractivity contribution in [3.05, 3.63) is 82.7 Å². The number of carbonyl (C=O) groups is 4. The van der Waals surface area contributed by atoms with Crippen molar-refractivity contribution in [1.82, 2.24) is 19.1 Å². The second-order valence-corrected chi connectivity index (χ2v) is 10.0. The van der Waals surface area contributed by atoms with Gasteiger partial charge in [0.15, 0.2) is 0 Å². The number of benzene rings is 2. The van der Waals surface area contributed by atoms with Gasteiger partial charge in [-0.2, -0.15) is 0 Å². The third kappa shape index (κ3) is 3.15. The highest BCUT2D eigenvalue weighted by molar-refractivity contribution is 6.53. The Morgan fingerprint density at radius 1 is 0.568 bits per heavy atom. The minimum absolute atomic E-state index is 0.0219. The van der Waals surface area contributed by atoms with Crippen LogP contribution in [0.4, 0.5) is 0 Å². The molecule has 0 unspecified atom stereocenters. The van der Waals surface area contributed by atoms with E-state index in [-0.39, 0.29) is 29.9 Å². The van der Waals surface area contributed by atoms with E-state index in [1.807, 2.05) is 39.8 Å². The van der Waals surface area contributed by atoms with Crippen LogP contribution in [0.15, 0.2) is 48.5 Å². The molecule has 0 fully saturated rings. The molecule has 2 aliphatic carbocycles. The average molecular weight is 493 g/mol. The Labute approximate surface area is 213 Å². The molecule has 0 spiro atoms. The normalized spacial score (nSPS) is 14.2. The van der Waals surface area contributed by atoms with Crippen molar-refractivity contribution >= 4 is 23.1 Å². The number of hydrogen-bond donors (Lipinski definition) is 0. The smallest absolute Gasteiger partial charge is 0.252 e. The maximum atomic E-state index is 13.4. The third-order valence-corrected chi connectivity index (χ3v) is 7.01. The zero-order valence-corrected chi connectivity index (χ0v) is 20.9. The first-order valence-corrected chi connectivity index (χ1v) is 12.3. The highest BCUT2D eigenvalue weighted by Gasteiger charge is 2.39. The number of fused-ring (bicyclic) bond motifs is 6. The van der Waals surface area contributed by atoms with Gasteiger partial charge in [-0.3, -0.25) is 19.2 Å². The number of hydrogen-bond acceptors (Lipinski definition) is 6. The predicted octanol–water partition coefficient (Wildman–Crippen LogP) is 4.92. The van der Waals surface area contributed by atoms with Crippen molar-refractivity contribution in [2.75, 3.05) is 0 Å². The maximum absolute atomic E-state index is 13.4. The molecule has 6 rings (SSSR count). The van der Waals surface area contributed by atoms with Crippen LogP contribution in [0.1, 0.15) is 92.9 Å². The van der Waals surface area contributed by atoms with Crippen LogP contribution in [0.25, 0.3) is 22.5 Å². The molecular weight excluding hydrogens is 468 g/mol. The number of aromatic nitrogens is 4. The third-order valence-electron chi connectivity index (χ3n) is 7.01.